The zero-order valence-electron chi connectivity index (χ0n) is 20.5. The molecule has 0 radical (unpaired) electrons. The van der Waals surface area contributed by atoms with Crippen molar-refractivity contribution in [3.05, 3.63) is 81.0 Å². The van der Waals surface area contributed by atoms with Gasteiger partial charge in [0.05, 0.1) is 18.6 Å². The number of hydrogen-bond donors (Lipinski definition) is 0. The average molecular weight is 476 g/mol. The van der Waals surface area contributed by atoms with Crippen LogP contribution in [0.15, 0.2) is 54.6 Å². The molecule has 0 N–H and O–H groups in total. The molecule has 2 aromatic carbocycles. The van der Waals surface area contributed by atoms with Crippen LogP contribution in [0.3, 0.4) is 0 Å². The molecule has 1 aliphatic carbocycles. The van der Waals surface area contributed by atoms with E-state index >= 15 is 0 Å². The Morgan fingerprint density at radius 1 is 0.912 bits per heavy atom. The predicted molar refractivity (Wildman–Crippen MR) is 138 cm³/mol. The summed E-state index contributed by atoms with van der Waals surface area (Å²) in [5.74, 6) is -0.0686. The summed E-state index contributed by atoms with van der Waals surface area (Å²) >= 11 is 1.71. The Morgan fingerprint density at radius 2 is 1.53 bits per heavy atom. The van der Waals surface area contributed by atoms with Gasteiger partial charge in [-0.15, -0.1) is 11.3 Å². The van der Waals surface area contributed by atoms with E-state index in [1.807, 2.05) is 18.0 Å². The van der Waals surface area contributed by atoms with Gasteiger partial charge in [-0.1, -0.05) is 54.6 Å². The first kappa shape index (κ1) is 24.2. The minimum atomic E-state index is -0.127. The Hall–Kier alpha value is -2.92. The van der Waals surface area contributed by atoms with Gasteiger partial charge in [0.25, 0.3) is 5.91 Å². The van der Waals surface area contributed by atoms with Crippen molar-refractivity contribution in [2.75, 3.05) is 14.2 Å². The molecule has 0 atom stereocenters. The molecule has 1 heterocycles. The van der Waals surface area contributed by atoms with Gasteiger partial charge in [0.2, 0.25) is 0 Å². The number of esters is 1. The van der Waals surface area contributed by atoms with Crippen molar-refractivity contribution in [3.8, 4) is 11.1 Å². The van der Waals surface area contributed by atoms with Crippen LogP contribution in [0.2, 0.25) is 0 Å². The van der Waals surface area contributed by atoms with Crippen LogP contribution < -0.4 is 0 Å². The Kier molecular flexibility index (Phi) is 7.52. The summed E-state index contributed by atoms with van der Waals surface area (Å²) in [6.07, 6.45) is 3.96. The maximum Gasteiger partial charge on any atom is 0.308 e. The molecule has 34 heavy (non-hydrogen) atoms. The molecule has 1 aromatic heterocycles. The number of carbonyl (C=O) groups excluding carboxylic acids is 2. The van der Waals surface area contributed by atoms with E-state index < -0.39 is 0 Å². The molecule has 5 heteroatoms. The molecular formula is C29H33NO3S. The summed E-state index contributed by atoms with van der Waals surface area (Å²) in [4.78, 5) is 29.7. The van der Waals surface area contributed by atoms with Gasteiger partial charge >= 0.3 is 5.97 Å². The maximum atomic E-state index is 13.6. The molecule has 1 amide bonds. The highest BCUT2D eigenvalue weighted by atomic mass is 32.1. The van der Waals surface area contributed by atoms with E-state index in [4.69, 9.17) is 4.74 Å². The SMILES string of the molecule is COC(=O)C1CCC(N(C)C(=O)c2c(C)sc(C)c2Cc2ccc(-c3ccccc3)cc2)CC1. The summed E-state index contributed by atoms with van der Waals surface area (Å²) in [6, 6.07) is 19.2. The summed E-state index contributed by atoms with van der Waals surface area (Å²) in [6.45, 7) is 4.17. The van der Waals surface area contributed by atoms with Gasteiger partial charge < -0.3 is 9.64 Å². The number of nitrogens with zero attached hydrogens (tertiary/aromatic N) is 1. The normalized spacial score (nSPS) is 17.9. The first-order valence-electron chi connectivity index (χ1n) is 12.0. The van der Waals surface area contributed by atoms with Crippen molar-refractivity contribution < 1.29 is 14.3 Å². The number of hydrogen-bond acceptors (Lipinski definition) is 4. The fraction of sp³-hybridized carbons (Fsp3) is 0.379. The molecule has 1 aliphatic rings. The lowest BCUT2D eigenvalue weighted by Crippen LogP contribution is -2.40. The van der Waals surface area contributed by atoms with Crippen molar-refractivity contribution >= 4 is 23.2 Å². The van der Waals surface area contributed by atoms with E-state index in [9.17, 15) is 9.59 Å². The number of thiophene rings is 1. The van der Waals surface area contributed by atoms with Crippen molar-refractivity contribution in [3.63, 3.8) is 0 Å². The van der Waals surface area contributed by atoms with Crippen molar-refractivity contribution in [1.29, 1.82) is 0 Å². The molecule has 4 rings (SSSR count). The maximum absolute atomic E-state index is 13.6. The number of ether oxygens (including phenoxy) is 1. The molecule has 0 bridgehead atoms. The zero-order chi connectivity index (χ0) is 24.2. The van der Waals surface area contributed by atoms with Gasteiger partial charge in [-0.25, -0.2) is 0 Å². The minimum absolute atomic E-state index is 0.0377. The number of amides is 1. The van der Waals surface area contributed by atoms with Crippen LogP contribution in [0.5, 0.6) is 0 Å². The second-order valence-corrected chi connectivity index (χ2v) is 10.7. The zero-order valence-corrected chi connectivity index (χ0v) is 21.3. The summed E-state index contributed by atoms with van der Waals surface area (Å²) in [7, 11) is 3.36. The molecule has 0 aliphatic heterocycles. The van der Waals surface area contributed by atoms with E-state index in [1.54, 1.807) is 11.3 Å². The molecule has 4 nitrogen and oxygen atoms in total. The van der Waals surface area contributed by atoms with Gasteiger partial charge in [0, 0.05) is 22.8 Å². The Morgan fingerprint density at radius 3 is 2.15 bits per heavy atom. The summed E-state index contributed by atoms with van der Waals surface area (Å²) in [5, 5.41) is 0. The Bertz CT molecular complexity index is 1140. The van der Waals surface area contributed by atoms with E-state index in [0.29, 0.717) is 0 Å². The van der Waals surface area contributed by atoms with Crippen molar-refractivity contribution in [2.24, 2.45) is 5.92 Å². The smallest absolute Gasteiger partial charge is 0.308 e. The monoisotopic (exact) mass is 475 g/mol. The van der Waals surface area contributed by atoms with E-state index in [-0.39, 0.29) is 23.8 Å². The predicted octanol–water partition coefficient (Wildman–Crippen LogP) is 6.43. The van der Waals surface area contributed by atoms with Crippen molar-refractivity contribution in [2.45, 2.75) is 52.0 Å². The third-order valence-corrected chi connectivity index (χ3v) is 8.20. The van der Waals surface area contributed by atoms with E-state index in [2.05, 4.69) is 62.4 Å². The minimum Gasteiger partial charge on any atom is -0.469 e. The highest BCUT2D eigenvalue weighted by Crippen LogP contribution is 2.34. The van der Waals surface area contributed by atoms with Crippen LogP contribution >= 0.6 is 11.3 Å². The molecule has 0 saturated heterocycles. The highest BCUT2D eigenvalue weighted by Gasteiger charge is 2.32. The Labute approximate surface area is 206 Å². The van der Waals surface area contributed by atoms with Gasteiger partial charge in [-0.3, -0.25) is 9.59 Å². The first-order chi connectivity index (χ1) is 16.4. The van der Waals surface area contributed by atoms with Gasteiger partial charge in [0.15, 0.2) is 0 Å². The van der Waals surface area contributed by atoms with Crippen molar-refractivity contribution in [1.82, 2.24) is 4.90 Å². The lowest BCUT2D eigenvalue weighted by molar-refractivity contribution is -0.146. The molecule has 178 valence electrons. The summed E-state index contributed by atoms with van der Waals surface area (Å²) < 4.78 is 4.91. The number of carbonyl (C=O) groups is 2. The van der Waals surface area contributed by atoms with Crippen LogP contribution in [0.25, 0.3) is 11.1 Å². The number of rotatable bonds is 6. The van der Waals surface area contributed by atoms with Gasteiger partial charge in [0.1, 0.15) is 0 Å². The summed E-state index contributed by atoms with van der Waals surface area (Å²) in [5.41, 5.74) is 5.59. The lowest BCUT2D eigenvalue weighted by atomic mass is 9.85. The fourth-order valence-electron chi connectivity index (χ4n) is 5.08. The number of aryl methyl sites for hydroxylation is 2. The van der Waals surface area contributed by atoms with E-state index in [1.165, 1.54) is 28.7 Å². The lowest BCUT2D eigenvalue weighted by Gasteiger charge is -2.34. The quantitative estimate of drug-likeness (QED) is 0.386. The second kappa shape index (κ2) is 10.6. The third-order valence-electron chi connectivity index (χ3n) is 7.14. The van der Waals surface area contributed by atoms with Crippen LogP contribution in [-0.2, 0) is 16.0 Å². The van der Waals surface area contributed by atoms with Crippen LogP contribution in [0, 0.1) is 19.8 Å². The molecule has 0 unspecified atom stereocenters. The molecular weight excluding hydrogens is 442 g/mol. The standard InChI is InChI=1S/C29H33NO3S/c1-19-26(18-21-10-12-23(13-11-21)22-8-6-5-7-9-22)27(20(2)34-19)28(31)30(3)25-16-14-24(15-17-25)29(32)33-4/h5-13,24-25H,14-18H2,1-4H3. The highest BCUT2D eigenvalue weighted by molar-refractivity contribution is 7.12. The Balaban J connectivity index is 1.50. The second-order valence-electron chi connectivity index (χ2n) is 9.25. The molecule has 1 saturated carbocycles. The molecule has 3 aromatic rings. The molecule has 0 spiro atoms. The third kappa shape index (κ3) is 5.10. The van der Waals surface area contributed by atoms with Gasteiger partial charge in [-0.2, -0.15) is 0 Å². The largest absolute Gasteiger partial charge is 0.469 e. The van der Waals surface area contributed by atoms with Crippen LogP contribution in [0.4, 0.5) is 0 Å². The van der Waals surface area contributed by atoms with Crippen LogP contribution in [0.1, 0.15) is 56.9 Å². The van der Waals surface area contributed by atoms with Crippen LogP contribution in [-0.4, -0.2) is 37.0 Å². The topological polar surface area (TPSA) is 46.6 Å². The number of benzene rings is 2. The van der Waals surface area contributed by atoms with Gasteiger partial charge in [-0.05, 0) is 68.2 Å². The first-order valence-corrected chi connectivity index (χ1v) is 12.8. The average Bonchev–Trinajstić information content (AvgIpc) is 3.15. The fourth-order valence-corrected chi connectivity index (χ4v) is 6.15. The number of methoxy groups -OCH3 is 1. The van der Waals surface area contributed by atoms with E-state index in [0.717, 1.165) is 48.1 Å². The molecule has 1 fully saturated rings.